The van der Waals surface area contributed by atoms with Gasteiger partial charge in [0.25, 0.3) is 0 Å². The molecule has 1 aromatic rings. The Hall–Kier alpha value is -1.08. The van der Waals surface area contributed by atoms with E-state index in [4.69, 9.17) is 16.3 Å². The molecule has 20 heavy (non-hydrogen) atoms. The number of ether oxygens (including phenoxy) is 1. The number of nitrogens with zero attached hydrogens (tertiary/aromatic N) is 3. The zero-order valence-corrected chi connectivity index (χ0v) is 12.3. The molecule has 0 spiro atoms. The largest absolute Gasteiger partial charge is 0.451 e. The molecule has 0 radical (unpaired) electrons. The SMILES string of the molecule is CCC(C)N(CCOC)c1cc(Cl)nc(C(F)(F)F)n1. The summed E-state index contributed by atoms with van der Waals surface area (Å²) >= 11 is 5.67. The van der Waals surface area contributed by atoms with Crippen LogP contribution in [-0.2, 0) is 10.9 Å². The molecule has 0 aliphatic heterocycles. The maximum absolute atomic E-state index is 12.7. The first kappa shape index (κ1) is 17.0. The summed E-state index contributed by atoms with van der Waals surface area (Å²) in [4.78, 5) is 8.53. The minimum atomic E-state index is -4.62. The van der Waals surface area contributed by atoms with Gasteiger partial charge in [0.2, 0.25) is 5.82 Å². The predicted octanol–water partition coefficient (Wildman–Crippen LogP) is 3.40. The van der Waals surface area contributed by atoms with Crippen molar-refractivity contribution < 1.29 is 17.9 Å². The van der Waals surface area contributed by atoms with Gasteiger partial charge >= 0.3 is 6.18 Å². The molecule has 0 aliphatic rings. The summed E-state index contributed by atoms with van der Waals surface area (Å²) in [6.07, 6.45) is -3.87. The Morgan fingerprint density at radius 1 is 1.40 bits per heavy atom. The van der Waals surface area contributed by atoms with E-state index in [2.05, 4.69) is 9.97 Å². The van der Waals surface area contributed by atoms with E-state index in [0.717, 1.165) is 6.42 Å². The molecule has 1 unspecified atom stereocenters. The average Bonchev–Trinajstić information content (AvgIpc) is 2.37. The fourth-order valence-electron chi connectivity index (χ4n) is 1.65. The summed E-state index contributed by atoms with van der Waals surface area (Å²) in [6.45, 7) is 4.65. The van der Waals surface area contributed by atoms with E-state index in [0.29, 0.717) is 13.2 Å². The highest BCUT2D eigenvalue weighted by atomic mass is 35.5. The zero-order valence-electron chi connectivity index (χ0n) is 11.5. The van der Waals surface area contributed by atoms with Gasteiger partial charge in [-0.05, 0) is 13.3 Å². The lowest BCUT2D eigenvalue weighted by atomic mass is 10.2. The van der Waals surface area contributed by atoms with Crippen molar-refractivity contribution in [1.82, 2.24) is 9.97 Å². The van der Waals surface area contributed by atoms with Crippen LogP contribution in [0.5, 0.6) is 0 Å². The van der Waals surface area contributed by atoms with Crippen LogP contribution >= 0.6 is 11.6 Å². The molecule has 4 nitrogen and oxygen atoms in total. The lowest BCUT2D eigenvalue weighted by Gasteiger charge is -2.29. The Balaban J connectivity index is 3.15. The Kier molecular flexibility index (Phi) is 6.01. The first-order valence-electron chi connectivity index (χ1n) is 6.17. The van der Waals surface area contributed by atoms with Crippen molar-refractivity contribution >= 4 is 17.4 Å². The molecule has 0 fully saturated rings. The molecule has 0 aliphatic carbocycles. The molecule has 8 heteroatoms. The van der Waals surface area contributed by atoms with Crippen molar-refractivity contribution in [1.29, 1.82) is 0 Å². The second kappa shape index (κ2) is 7.08. The van der Waals surface area contributed by atoms with Crippen molar-refractivity contribution in [3.05, 3.63) is 17.0 Å². The van der Waals surface area contributed by atoms with Crippen LogP contribution in [0.1, 0.15) is 26.1 Å². The van der Waals surface area contributed by atoms with Crippen molar-refractivity contribution in [2.24, 2.45) is 0 Å². The van der Waals surface area contributed by atoms with Crippen molar-refractivity contribution in [3.8, 4) is 0 Å². The van der Waals surface area contributed by atoms with Crippen LogP contribution < -0.4 is 4.90 Å². The Morgan fingerprint density at radius 3 is 2.55 bits per heavy atom. The summed E-state index contributed by atoms with van der Waals surface area (Å²) in [5.41, 5.74) is 0. The number of aromatic nitrogens is 2. The van der Waals surface area contributed by atoms with Crippen molar-refractivity contribution in [2.75, 3.05) is 25.2 Å². The lowest BCUT2D eigenvalue weighted by Crippen LogP contribution is -2.36. The smallest absolute Gasteiger partial charge is 0.383 e. The molecule has 1 aromatic heterocycles. The normalized spacial score (nSPS) is 13.3. The van der Waals surface area contributed by atoms with Crippen LogP contribution in [0.15, 0.2) is 6.07 Å². The molecule has 0 bridgehead atoms. The highest BCUT2D eigenvalue weighted by molar-refractivity contribution is 6.29. The fourth-order valence-corrected chi connectivity index (χ4v) is 1.83. The van der Waals surface area contributed by atoms with Gasteiger partial charge in [-0.25, -0.2) is 9.97 Å². The van der Waals surface area contributed by atoms with Gasteiger partial charge in [0.15, 0.2) is 0 Å². The first-order chi connectivity index (χ1) is 9.29. The number of alkyl halides is 3. The standard InChI is InChI=1S/C12H17ClF3N3O/c1-4-8(2)19(5-6-20-3)10-7-9(13)17-11(18-10)12(14,15)16/h7-8H,4-6H2,1-3H3. The Labute approximate surface area is 120 Å². The number of hydrogen-bond donors (Lipinski definition) is 0. The predicted molar refractivity (Wildman–Crippen MR) is 71.0 cm³/mol. The van der Waals surface area contributed by atoms with Gasteiger partial charge in [-0.3, -0.25) is 0 Å². The molecule has 1 rings (SSSR count). The Bertz CT molecular complexity index is 442. The van der Waals surface area contributed by atoms with Gasteiger partial charge in [-0.15, -0.1) is 0 Å². The van der Waals surface area contributed by atoms with Gasteiger partial charge < -0.3 is 9.64 Å². The monoisotopic (exact) mass is 311 g/mol. The van der Waals surface area contributed by atoms with Crippen molar-refractivity contribution in [2.45, 2.75) is 32.5 Å². The molecule has 1 heterocycles. The maximum atomic E-state index is 12.7. The second-order valence-electron chi connectivity index (χ2n) is 4.31. The molecule has 0 aromatic carbocycles. The van der Waals surface area contributed by atoms with E-state index in [1.54, 1.807) is 4.90 Å². The van der Waals surface area contributed by atoms with Gasteiger partial charge in [0, 0.05) is 25.8 Å². The van der Waals surface area contributed by atoms with Crippen LogP contribution in [0.25, 0.3) is 0 Å². The summed E-state index contributed by atoms with van der Waals surface area (Å²) < 4.78 is 43.1. The van der Waals surface area contributed by atoms with Crippen LogP contribution in [0.2, 0.25) is 5.15 Å². The highest BCUT2D eigenvalue weighted by Crippen LogP contribution is 2.29. The van der Waals surface area contributed by atoms with Crippen LogP contribution in [0.3, 0.4) is 0 Å². The molecule has 0 saturated heterocycles. The van der Waals surface area contributed by atoms with Crippen LogP contribution in [-0.4, -0.2) is 36.3 Å². The molecule has 0 N–H and O–H groups in total. The zero-order chi connectivity index (χ0) is 15.3. The fraction of sp³-hybridized carbons (Fsp3) is 0.667. The van der Waals surface area contributed by atoms with E-state index in [1.807, 2.05) is 13.8 Å². The van der Waals surface area contributed by atoms with Gasteiger partial charge in [0.1, 0.15) is 11.0 Å². The van der Waals surface area contributed by atoms with E-state index < -0.39 is 12.0 Å². The summed E-state index contributed by atoms with van der Waals surface area (Å²) in [6, 6.07) is 1.34. The third kappa shape index (κ3) is 4.49. The minimum Gasteiger partial charge on any atom is -0.383 e. The minimum absolute atomic E-state index is 0.0113. The molecule has 1 atom stereocenters. The molecular weight excluding hydrogens is 295 g/mol. The summed E-state index contributed by atoms with van der Waals surface area (Å²) in [5, 5.41) is -0.229. The van der Waals surface area contributed by atoms with Crippen LogP contribution in [0, 0.1) is 0 Å². The average molecular weight is 312 g/mol. The van der Waals surface area contributed by atoms with Gasteiger partial charge in [0.05, 0.1) is 6.61 Å². The lowest BCUT2D eigenvalue weighted by molar-refractivity contribution is -0.144. The number of anilines is 1. The Morgan fingerprint density at radius 2 is 2.05 bits per heavy atom. The summed E-state index contributed by atoms with van der Waals surface area (Å²) in [5.74, 6) is -1.07. The van der Waals surface area contributed by atoms with Crippen molar-refractivity contribution in [3.63, 3.8) is 0 Å². The van der Waals surface area contributed by atoms with E-state index in [9.17, 15) is 13.2 Å². The third-order valence-corrected chi connectivity index (χ3v) is 3.08. The third-order valence-electron chi connectivity index (χ3n) is 2.89. The molecule has 114 valence electrons. The number of methoxy groups -OCH3 is 1. The summed E-state index contributed by atoms with van der Waals surface area (Å²) in [7, 11) is 1.53. The molecular formula is C12H17ClF3N3O. The first-order valence-corrected chi connectivity index (χ1v) is 6.54. The number of hydrogen-bond acceptors (Lipinski definition) is 4. The van der Waals surface area contributed by atoms with Gasteiger partial charge in [-0.1, -0.05) is 18.5 Å². The van der Waals surface area contributed by atoms with Crippen LogP contribution in [0.4, 0.5) is 19.0 Å². The van der Waals surface area contributed by atoms with E-state index in [-0.39, 0.29) is 17.0 Å². The highest BCUT2D eigenvalue weighted by Gasteiger charge is 2.36. The number of halogens is 4. The van der Waals surface area contributed by atoms with E-state index in [1.165, 1.54) is 13.2 Å². The second-order valence-corrected chi connectivity index (χ2v) is 4.70. The number of rotatable bonds is 6. The van der Waals surface area contributed by atoms with E-state index >= 15 is 0 Å². The quantitative estimate of drug-likeness (QED) is 0.755. The maximum Gasteiger partial charge on any atom is 0.451 e. The molecule has 0 amide bonds. The van der Waals surface area contributed by atoms with Gasteiger partial charge in [-0.2, -0.15) is 13.2 Å². The molecule has 0 saturated carbocycles. The topological polar surface area (TPSA) is 38.2 Å².